The van der Waals surface area contributed by atoms with E-state index in [4.69, 9.17) is 14.6 Å². The Morgan fingerprint density at radius 3 is 2.27 bits per heavy atom. The highest BCUT2D eigenvalue weighted by molar-refractivity contribution is 6.62. The van der Waals surface area contributed by atoms with Crippen LogP contribution in [0.15, 0.2) is 12.1 Å². The summed E-state index contributed by atoms with van der Waals surface area (Å²) in [4.78, 5) is 8.21. The van der Waals surface area contributed by atoms with Gasteiger partial charge in [-0.1, -0.05) is 0 Å². The fraction of sp³-hybridized carbons (Fsp3) is 0.667. The largest absolute Gasteiger partial charge is 0.495 e. The molecule has 140 valence electrons. The van der Waals surface area contributed by atoms with Gasteiger partial charge in [0.1, 0.15) is 5.82 Å². The second-order valence-corrected chi connectivity index (χ2v) is 8.00. The summed E-state index contributed by atoms with van der Waals surface area (Å²) in [7, 11) is -0.615. The Bertz CT molecular complexity index is 698. The Kier molecular flexibility index (Phi) is 4.99. The lowest BCUT2D eigenvalue weighted by Crippen LogP contribution is -2.50. The molecule has 3 heterocycles. The van der Waals surface area contributed by atoms with Gasteiger partial charge in [0.25, 0.3) is 0 Å². The summed E-state index contributed by atoms with van der Waals surface area (Å²) in [6, 6.07) is 5.36. The van der Waals surface area contributed by atoms with Gasteiger partial charge in [0.05, 0.1) is 23.3 Å². The van der Waals surface area contributed by atoms with Crippen LogP contribution < -0.4 is 10.4 Å². The minimum absolute atomic E-state index is 0.113. The van der Waals surface area contributed by atoms with E-state index in [1.165, 1.54) is 6.07 Å². The van der Waals surface area contributed by atoms with Crippen molar-refractivity contribution in [1.29, 1.82) is 5.26 Å². The minimum Gasteiger partial charge on any atom is -0.399 e. The van der Waals surface area contributed by atoms with Crippen molar-refractivity contribution in [3.05, 3.63) is 18.1 Å². The van der Waals surface area contributed by atoms with Gasteiger partial charge in [-0.2, -0.15) is 9.65 Å². The minimum atomic E-state index is -0.615. The first-order valence-electron chi connectivity index (χ1n) is 9.05. The number of halogens is 1. The number of piperazine rings is 1. The molecule has 1 aromatic heterocycles. The van der Waals surface area contributed by atoms with Gasteiger partial charge in [0.15, 0.2) is 0 Å². The molecular weight excluding hydrogens is 334 g/mol. The summed E-state index contributed by atoms with van der Waals surface area (Å²) in [5, 5.41) is 9.05. The number of aromatic nitrogens is 1. The highest BCUT2D eigenvalue weighted by Crippen LogP contribution is 2.36. The van der Waals surface area contributed by atoms with E-state index in [0.717, 1.165) is 13.1 Å². The maximum atomic E-state index is 14.2. The number of nitriles is 1. The summed E-state index contributed by atoms with van der Waals surface area (Å²) in [5.74, 6) is 0.0407. The van der Waals surface area contributed by atoms with Gasteiger partial charge in [0, 0.05) is 26.2 Å². The first-order chi connectivity index (χ1) is 12.1. The number of pyridine rings is 1. The Labute approximate surface area is 155 Å². The van der Waals surface area contributed by atoms with Crippen LogP contribution in [0.2, 0.25) is 0 Å². The SMILES string of the molecule is CC(C#N)N1CCN(c2cc(B3OC(C)(C)C(C)(C)O3)cc(F)n2)CC1. The number of rotatable bonds is 3. The molecule has 1 atom stereocenters. The molecular formula is C18H26BFN4O2. The number of hydrogen-bond donors (Lipinski definition) is 0. The standard InChI is InChI=1S/C18H26BFN4O2/c1-13(12-21)23-6-8-24(9-7-23)16-11-14(10-15(20)22-16)19-25-17(2,3)18(4,5)26-19/h10-11,13H,6-9H2,1-5H3. The predicted octanol–water partition coefficient (Wildman–Crippen LogP) is 1.55. The zero-order valence-corrected chi connectivity index (χ0v) is 16.1. The zero-order chi connectivity index (χ0) is 19.1. The van der Waals surface area contributed by atoms with Crippen molar-refractivity contribution < 1.29 is 13.7 Å². The third-order valence-corrected chi connectivity index (χ3v) is 5.70. The van der Waals surface area contributed by atoms with Crippen molar-refractivity contribution in [3.8, 4) is 6.07 Å². The van der Waals surface area contributed by atoms with Gasteiger partial charge >= 0.3 is 7.12 Å². The van der Waals surface area contributed by atoms with E-state index >= 15 is 0 Å². The lowest BCUT2D eigenvalue weighted by Gasteiger charge is -2.36. The third-order valence-electron chi connectivity index (χ3n) is 5.70. The second kappa shape index (κ2) is 6.80. The predicted molar refractivity (Wildman–Crippen MR) is 98.8 cm³/mol. The number of anilines is 1. The quantitative estimate of drug-likeness (QED) is 0.602. The highest BCUT2D eigenvalue weighted by Gasteiger charge is 2.52. The lowest BCUT2D eigenvalue weighted by molar-refractivity contribution is 0.00578. The smallest absolute Gasteiger partial charge is 0.399 e. The Morgan fingerprint density at radius 2 is 1.73 bits per heavy atom. The summed E-state index contributed by atoms with van der Waals surface area (Å²) in [5.41, 5.74) is -0.313. The molecule has 0 spiro atoms. The lowest BCUT2D eigenvalue weighted by atomic mass is 9.79. The van der Waals surface area contributed by atoms with Crippen LogP contribution in [0.25, 0.3) is 0 Å². The molecule has 0 aliphatic carbocycles. The molecule has 6 nitrogen and oxygen atoms in total. The molecule has 2 saturated heterocycles. The van der Waals surface area contributed by atoms with Gasteiger partial charge in [-0.25, -0.2) is 4.98 Å². The van der Waals surface area contributed by atoms with Crippen LogP contribution in [0.4, 0.5) is 10.2 Å². The van der Waals surface area contributed by atoms with Crippen LogP contribution >= 0.6 is 0 Å². The molecule has 0 aromatic carbocycles. The maximum Gasteiger partial charge on any atom is 0.495 e. The summed E-state index contributed by atoms with van der Waals surface area (Å²) in [6.45, 7) is 12.7. The van der Waals surface area contributed by atoms with Crippen LogP contribution in [-0.4, -0.2) is 60.4 Å². The van der Waals surface area contributed by atoms with Crippen LogP contribution in [0.1, 0.15) is 34.6 Å². The van der Waals surface area contributed by atoms with E-state index in [-0.39, 0.29) is 6.04 Å². The topological polar surface area (TPSA) is 61.6 Å². The Hall–Kier alpha value is -1.69. The molecule has 1 unspecified atom stereocenters. The fourth-order valence-corrected chi connectivity index (χ4v) is 3.20. The van der Waals surface area contributed by atoms with E-state index in [1.54, 1.807) is 0 Å². The molecule has 2 aliphatic heterocycles. The van der Waals surface area contributed by atoms with E-state index in [9.17, 15) is 4.39 Å². The van der Waals surface area contributed by atoms with Gasteiger partial charge in [-0.15, -0.1) is 0 Å². The monoisotopic (exact) mass is 360 g/mol. The van der Waals surface area contributed by atoms with Crippen molar-refractivity contribution >= 4 is 18.4 Å². The van der Waals surface area contributed by atoms with Crippen molar-refractivity contribution in [2.45, 2.75) is 51.9 Å². The van der Waals surface area contributed by atoms with E-state index in [2.05, 4.69) is 16.0 Å². The molecule has 1 aromatic rings. The van der Waals surface area contributed by atoms with Crippen molar-refractivity contribution in [2.75, 3.05) is 31.1 Å². The molecule has 0 saturated carbocycles. The normalized spacial score (nSPS) is 23.7. The van der Waals surface area contributed by atoms with Crippen molar-refractivity contribution in [2.24, 2.45) is 0 Å². The van der Waals surface area contributed by atoms with Crippen LogP contribution in [0.3, 0.4) is 0 Å². The first-order valence-corrected chi connectivity index (χ1v) is 9.05. The molecule has 2 aliphatic rings. The van der Waals surface area contributed by atoms with Crippen LogP contribution in [0.5, 0.6) is 0 Å². The van der Waals surface area contributed by atoms with Crippen molar-refractivity contribution in [3.63, 3.8) is 0 Å². The molecule has 2 fully saturated rings. The average molecular weight is 360 g/mol. The molecule has 8 heteroatoms. The molecule has 0 N–H and O–H groups in total. The molecule has 0 amide bonds. The second-order valence-electron chi connectivity index (χ2n) is 8.00. The Morgan fingerprint density at radius 1 is 1.15 bits per heavy atom. The fourth-order valence-electron chi connectivity index (χ4n) is 3.20. The molecule has 0 radical (unpaired) electrons. The van der Waals surface area contributed by atoms with Crippen LogP contribution in [0, 0.1) is 17.3 Å². The maximum absolute atomic E-state index is 14.2. The Balaban J connectivity index is 1.77. The van der Waals surface area contributed by atoms with Gasteiger partial charge < -0.3 is 14.2 Å². The zero-order valence-electron chi connectivity index (χ0n) is 16.1. The summed E-state index contributed by atoms with van der Waals surface area (Å²) in [6.07, 6.45) is 0. The highest BCUT2D eigenvalue weighted by atomic mass is 19.1. The molecule has 0 bridgehead atoms. The molecule has 3 rings (SSSR count). The van der Waals surface area contributed by atoms with E-state index in [1.807, 2.05) is 45.6 Å². The third kappa shape index (κ3) is 3.57. The molecule has 26 heavy (non-hydrogen) atoms. The number of hydrogen-bond acceptors (Lipinski definition) is 6. The van der Waals surface area contributed by atoms with E-state index in [0.29, 0.717) is 24.4 Å². The average Bonchev–Trinajstić information content (AvgIpc) is 2.81. The van der Waals surface area contributed by atoms with E-state index < -0.39 is 24.3 Å². The summed E-state index contributed by atoms with van der Waals surface area (Å²) < 4.78 is 26.2. The van der Waals surface area contributed by atoms with Gasteiger partial charge in [-0.05, 0) is 52.2 Å². The first kappa shape index (κ1) is 19.1. The number of nitrogens with zero attached hydrogens (tertiary/aromatic N) is 4. The van der Waals surface area contributed by atoms with Crippen molar-refractivity contribution in [1.82, 2.24) is 9.88 Å². The van der Waals surface area contributed by atoms with Gasteiger partial charge in [0.2, 0.25) is 5.95 Å². The van der Waals surface area contributed by atoms with Crippen LogP contribution in [-0.2, 0) is 9.31 Å². The summed E-state index contributed by atoms with van der Waals surface area (Å²) >= 11 is 0. The van der Waals surface area contributed by atoms with Gasteiger partial charge in [-0.3, -0.25) is 4.90 Å².